The Bertz CT molecular complexity index is 1860. The van der Waals surface area contributed by atoms with Gasteiger partial charge in [-0.3, -0.25) is 0 Å². The molecule has 0 aliphatic heterocycles. The van der Waals surface area contributed by atoms with Crippen LogP contribution in [0.2, 0.25) is 0 Å². The van der Waals surface area contributed by atoms with Crippen LogP contribution in [0.15, 0.2) is 91.4 Å². The summed E-state index contributed by atoms with van der Waals surface area (Å²) in [5, 5.41) is 4.10. The van der Waals surface area contributed by atoms with Crippen molar-refractivity contribution in [3.63, 3.8) is 0 Å². The molecule has 0 aliphatic carbocycles. The fourth-order valence-corrected chi connectivity index (χ4v) is 6.22. The molecule has 0 amide bonds. The van der Waals surface area contributed by atoms with Gasteiger partial charge in [0.25, 0.3) is 0 Å². The maximum atomic E-state index is 2.34. The van der Waals surface area contributed by atoms with Crippen molar-refractivity contribution < 1.29 is 0 Å². The molecule has 6 rings (SSSR count). The molecule has 0 spiro atoms. The fraction of sp³-hybridized carbons (Fsp3) is 0.442. The van der Waals surface area contributed by atoms with Crippen LogP contribution in [0.3, 0.4) is 0 Å². The third-order valence-corrected chi connectivity index (χ3v) is 9.09. The summed E-state index contributed by atoms with van der Waals surface area (Å²) in [4.78, 5) is 0. The molecular formula is C43H59N3. The maximum Gasteiger partial charge on any atom is 0.0485 e. The summed E-state index contributed by atoms with van der Waals surface area (Å²) in [6.07, 6.45) is 6.56. The molecule has 0 aliphatic rings. The quantitative estimate of drug-likeness (QED) is 0.183. The largest absolute Gasteiger partial charge is 0.345 e. The van der Waals surface area contributed by atoms with Crippen LogP contribution in [0.4, 0.5) is 0 Å². The van der Waals surface area contributed by atoms with Crippen LogP contribution >= 0.6 is 0 Å². The summed E-state index contributed by atoms with van der Waals surface area (Å²) in [5.74, 6) is 1.20. The van der Waals surface area contributed by atoms with E-state index in [2.05, 4.69) is 195 Å². The molecule has 3 heterocycles. The standard InChI is InChI=1S/C15H21N.2C14H19N/c1-11(2)16-9-8-12-6-7-13(10-14(12)16)15(3,4)5;1-10(2)12-5-6-14-13(9-12)7-8-15(14)11(3)4;1-10(2)12-6-5-7-14-13(12)8-9-15(14)11(3)4/h6-11H,1-5H3;2*5-11H,1-4H3. The van der Waals surface area contributed by atoms with Crippen molar-refractivity contribution in [2.75, 3.05) is 0 Å². The van der Waals surface area contributed by atoms with Gasteiger partial charge in [-0.1, -0.05) is 78.8 Å². The van der Waals surface area contributed by atoms with Gasteiger partial charge in [0, 0.05) is 58.7 Å². The number of rotatable bonds is 5. The van der Waals surface area contributed by atoms with Gasteiger partial charge in [-0.15, -0.1) is 0 Å². The lowest BCUT2D eigenvalue weighted by Gasteiger charge is -2.20. The molecule has 3 nitrogen and oxygen atoms in total. The molecule has 6 aromatic rings. The number of hydrogen-bond acceptors (Lipinski definition) is 0. The van der Waals surface area contributed by atoms with E-state index in [-0.39, 0.29) is 5.41 Å². The number of fused-ring (bicyclic) bond motifs is 3. The average molecular weight is 618 g/mol. The summed E-state index contributed by atoms with van der Waals surface area (Å²) in [7, 11) is 0. The van der Waals surface area contributed by atoms with Crippen molar-refractivity contribution in [2.24, 2.45) is 0 Å². The fourth-order valence-electron chi connectivity index (χ4n) is 6.22. The minimum Gasteiger partial charge on any atom is -0.345 e. The van der Waals surface area contributed by atoms with Gasteiger partial charge in [0.15, 0.2) is 0 Å². The molecule has 0 N–H and O–H groups in total. The molecule has 0 fully saturated rings. The third-order valence-electron chi connectivity index (χ3n) is 9.09. The van der Waals surface area contributed by atoms with Gasteiger partial charge in [-0.05, 0) is 129 Å². The summed E-state index contributed by atoms with van der Waals surface area (Å²) >= 11 is 0. The molecule has 3 aromatic heterocycles. The van der Waals surface area contributed by atoms with Crippen molar-refractivity contribution in [3.8, 4) is 0 Å². The Balaban J connectivity index is 0.000000157. The molecule has 3 aromatic carbocycles. The average Bonchev–Trinajstić information content (AvgIpc) is 3.73. The van der Waals surface area contributed by atoms with Crippen LogP contribution in [0.5, 0.6) is 0 Å². The summed E-state index contributed by atoms with van der Waals surface area (Å²) in [6, 6.07) is 28.4. The molecule has 46 heavy (non-hydrogen) atoms. The maximum absolute atomic E-state index is 2.34. The lowest BCUT2D eigenvalue weighted by molar-refractivity contribution is 0.588. The minimum atomic E-state index is 0.222. The Morgan fingerprint density at radius 1 is 0.478 bits per heavy atom. The summed E-state index contributed by atoms with van der Waals surface area (Å²) < 4.78 is 6.99. The molecule has 0 bridgehead atoms. The Morgan fingerprint density at radius 3 is 1.61 bits per heavy atom. The first-order chi connectivity index (χ1) is 21.6. The topological polar surface area (TPSA) is 14.8 Å². The van der Waals surface area contributed by atoms with E-state index in [0.717, 1.165) is 0 Å². The Labute approximate surface area is 279 Å². The lowest BCUT2D eigenvalue weighted by atomic mass is 9.87. The highest BCUT2D eigenvalue weighted by atomic mass is 15.0. The van der Waals surface area contributed by atoms with Crippen molar-refractivity contribution in [1.29, 1.82) is 0 Å². The van der Waals surface area contributed by atoms with Crippen molar-refractivity contribution >= 4 is 32.7 Å². The molecule has 0 saturated carbocycles. The predicted octanol–water partition coefficient (Wildman–Crippen LogP) is 13.2. The van der Waals surface area contributed by atoms with E-state index in [1.165, 1.54) is 49.4 Å². The van der Waals surface area contributed by atoms with Crippen LogP contribution in [0, 0.1) is 0 Å². The van der Waals surface area contributed by atoms with E-state index < -0.39 is 0 Å². The second-order valence-corrected chi connectivity index (χ2v) is 15.4. The van der Waals surface area contributed by atoms with E-state index in [1.54, 1.807) is 0 Å². The van der Waals surface area contributed by atoms with Gasteiger partial charge in [0.1, 0.15) is 0 Å². The van der Waals surface area contributed by atoms with Crippen LogP contribution in [-0.4, -0.2) is 13.7 Å². The molecule has 0 radical (unpaired) electrons. The van der Waals surface area contributed by atoms with Crippen LogP contribution in [0.1, 0.15) is 137 Å². The summed E-state index contributed by atoms with van der Waals surface area (Å²) in [6.45, 7) is 29.1. The lowest BCUT2D eigenvalue weighted by Crippen LogP contribution is -2.11. The van der Waals surface area contributed by atoms with Crippen molar-refractivity contribution in [1.82, 2.24) is 13.7 Å². The van der Waals surface area contributed by atoms with Gasteiger partial charge >= 0.3 is 0 Å². The number of nitrogens with zero attached hydrogens (tertiary/aromatic N) is 3. The first-order valence-corrected chi connectivity index (χ1v) is 17.4. The van der Waals surface area contributed by atoms with Crippen molar-refractivity contribution in [3.05, 3.63) is 108 Å². The van der Waals surface area contributed by atoms with Crippen LogP contribution in [-0.2, 0) is 5.41 Å². The molecular weight excluding hydrogens is 558 g/mol. The second kappa shape index (κ2) is 14.4. The molecule has 0 unspecified atom stereocenters. The summed E-state index contributed by atoms with van der Waals surface area (Å²) in [5.41, 5.74) is 8.55. The van der Waals surface area contributed by atoms with Gasteiger partial charge in [0.2, 0.25) is 0 Å². The van der Waals surface area contributed by atoms with E-state index >= 15 is 0 Å². The Hall–Kier alpha value is -3.72. The number of hydrogen-bond donors (Lipinski definition) is 0. The smallest absolute Gasteiger partial charge is 0.0485 e. The van der Waals surface area contributed by atoms with Crippen LogP contribution in [0.25, 0.3) is 32.7 Å². The van der Waals surface area contributed by atoms with Crippen LogP contribution < -0.4 is 0 Å². The second-order valence-electron chi connectivity index (χ2n) is 15.4. The monoisotopic (exact) mass is 617 g/mol. The van der Waals surface area contributed by atoms with E-state index in [9.17, 15) is 0 Å². The highest BCUT2D eigenvalue weighted by Crippen LogP contribution is 2.29. The molecule has 0 saturated heterocycles. The predicted molar refractivity (Wildman–Crippen MR) is 204 cm³/mol. The SMILES string of the molecule is CC(C)c1ccc2c(ccn2C(C)C)c1.CC(C)c1cccc2c1ccn2C(C)C.CC(C)n1ccc2ccc(C(C)(C)C)cc21. The number of benzene rings is 3. The zero-order chi connectivity index (χ0) is 33.9. The normalized spacial score (nSPS) is 12.1. The Kier molecular flexibility index (Phi) is 11.0. The van der Waals surface area contributed by atoms with Crippen molar-refractivity contribution in [2.45, 2.75) is 125 Å². The van der Waals surface area contributed by atoms with E-state index in [1.807, 2.05) is 0 Å². The highest BCUT2D eigenvalue weighted by molar-refractivity contribution is 5.84. The molecule has 0 atom stereocenters. The Morgan fingerprint density at radius 2 is 1.04 bits per heavy atom. The third kappa shape index (κ3) is 7.80. The first-order valence-electron chi connectivity index (χ1n) is 17.4. The zero-order valence-electron chi connectivity index (χ0n) is 30.9. The van der Waals surface area contributed by atoms with Gasteiger partial charge in [-0.2, -0.15) is 0 Å². The van der Waals surface area contributed by atoms with Gasteiger partial charge < -0.3 is 13.7 Å². The first kappa shape index (κ1) is 35.1. The van der Waals surface area contributed by atoms with E-state index in [4.69, 9.17) is 0 Å². The highest BCUT2D eigenvalue weighted by Gasteiger charge is 2.15. The van der Waals surface area contributed by atoms with Gasteiger partial charge in [0.05, 0.1) is 0 Å². The van der Waals surface area contributed by atoms with Gasteiger partial charge in [-0.25, -0.2) is 0 Å². The number of aromatic nitrogens is 3. The molecule has 246 valence electrons. The minimum absolute atomic E-state index is 0.222. The zero-order valence-corrected chi connectivity index (χ0v) is 30.9. The van der Waals surface area contributed by atoms with E-state index in [0.29, 0.717) is 30.0 Å². The molecule has 3 heteroatoms.